The molecule has 7 aromatic carbocycles. The van der Waals surface area contributed by atoms with E-state index in [1.807, 2.05) is 72.8 Å². The highest BCUT2D eigenvalue weighted by molar-refractivity contribution is 7.26. The smallest absolute Gasteiger partial charge is 0.143 e. The lowest BCUT2D eigenvalue weighted by Crippen LogP contribution is -2.10. The normalized spacial score (nSPS) is 14.7. The van der Waals surface area contributed by atoms with Crippen LogP contribution in [0.3, 0.4) is 0 Å². The van der Waals surface area contributed by atoms with Crippen molar-refractivity contribution >= 4 is 81.3 Å². The fourth-order valence-corrected chi connectivity index (χ4v) is 7.15. The Morgan fingerprint density at radius 2 is 1.33 bits per heavy atom. The molecule has 0 aliphatic carbocycles. The summed E-state index contributed by atoms with van der Waals surface area (Å²) in [6.45, 7) is 0. The van der Waals surface area contributed by atoms with Gasteiger partial charge in [0.25, 0.3) is 0 Å². The Labute approximate surface area is 265 Å². The number of hydrogen-bond acceptors (Lipinski definition) is 3. The van der Waals surface area contributed by atoms with E-state index in [0.717, 1.165) is 30.9 Å². The van der Waals surface area contributed by atoms with Crippen LogP contribution in [-0.2, 0) is 0 Å². The lowest BCUT2D eigenvalue weighted by molar-refractivity contribution is 0.672. The average molecular weight is 577 g/mol. The van der Waals surface area contributed by atoms with Crippen molar-refractivity contribution in [3.63, 3.8) is 0 Å². The standard InChI is InChI=1S/C40H25NOS/c1-2-11-28(12-3-1)41(35-17-9-18-36-38(35)34-25-22-26-10-4-5-13-30(26)39(34)42-36)29-23-20-27(21-24-29)31-15-8-16-33-32-14-6-7-19-37(32)43-40(31)33/h1-25H/i1D,2D,3D,11D,12D,20D,21D,23D,24D. The summed E-state index contributed by atoms with van der Waals surface area (Å²) in [6, 6.07) is 25.8. The third-order valence-corrected chi connectivity index (χ3v) is 9.05. The van der Waals surface area contributed by atoms with Gasteiger partial charge in [0.15, 0.2) is 0 Å². The van der Waals surface area contributed by atoms with Gasteiger partial charge in [-0.3, -0.25) is 0 Å². The highest BCUT2D eigenvalue weighted by Gasteiger charge is 2.20. The van der Waals surface area contributed by atoms with Crippen LogP contribution < -0.4 is 4.90 Å². The van der Waals surface area contributed by atoms with Crippen LogP contribution in [0.15, 0.2) is 156 Å². The van der Waals surface area contributed by atoms with Crippen LogP contribution in [0.2, 0.25) is 0 Å². The first-order valence-corrected chi connectivity index (χ1v) is 14.6. The minimum atomic E-state index is -0.598. The second-order valence-corrected chi connectivity index (χ2v) is 11.3. The van der Waals surface area contributed by atoms with Crippen LogP contribution in [0.25, 0.3) is 64.0 Å². The summed E-state index contributed by atoms with van der Waals surface area (Å²) in [4.78, 5) is 1.28. The quantitative estimate of drug-likeness (QED) is 0.207. The number of benzene rings is 7. The molecule has 3 heteroatoms. The molecule has 2 heterocycles. The van der Waals surface area contributed by atoms with Gasteiger partial charge in [-0.2, -0.15) is 0 Å². The number of para-hydroxylation sites is 1. The van der Waals surface area contributed by atoms with Gasteiger partial charge in [0, 0.05) is 42.3 Å². The molecule has 0 fully saturated rings. The van der Waals surface area contributed by atoms with Crippen molar-refractivity contribution in [2.75, 3.05) is 4.90 Å². The summed E-state index contributed by atoms with van der Waals surface area (Å²) >= 11 is 1.51. The van der Waals surface area contributed by atoms with E-state index >= 15 is 0 Å². The summed E-state index contributed by atoms with van der Waals surface area (Å²) in [5.41, 5.74) is 1.36. The Balaban J connectivity index is 1.39. The summed E-state index contributed by atoms with van der Waals surface area (Å²) < 4.78 is 89.5. The maximum Gasteiger partial charge on any atom is 0.143 e. The summed E-state index contributed by atoms with van der Waals surface area (Å²) in [6.07, 6.45) is 0. The number of rotatable bonds is 4. The number of thiophene rings is 1. The topological polar surface area (TPSA) is 16.4 Å². The van der Waals surface area contributed by atoms with E-state index in [2.05, 4.69) is 0 Å². The molecule has 2 nitrogen and oxygen atoms in total. The van der Waals surface area contributed by atoms with Crippen molar-refractivity contribution < 1.29 is 16.8 Å². The van der Waals surface area contributed by atoms with Crippen molar-refractivity contribution in [1.29, 1.82) is 0 Å². The SMILES string of the molecule is [2H]c1c([2H])c([2H])c(N(c2c([2H])c([2H])c(-c3cccc4c3sc3ccccc34)c([2H])c2[2H])c2cccc3oc4c5ccccc5ccc4c23)c([2H])c1[2H]. The van der Waals surface area contributed by atoms with Gasteiger partial charge >= 0.3 is 0 Å². The first-order chi connectivity index (χ1) is 25.1. The second kappa shape index (κ2) is 9.59. The van der Waals surface area contributed by atoms with Gasteiger partial charge in [-0.1, -0.05) is 103 Å². The lowest BCUT2D eigenvalue weighted by atomic mass is 10.0. The van der Waals surface area contributed by atoms with Gasteiger partial charge in [-0.25, -0.2) is 0 Å². The summed E-state index contributed by atoms with van der Waals surface area (Å²) in [5, 5.41) is 4.95. The molecule has 43 heavy (non-hydrogen) atoms. The maximum absolute atomic E-state index is 9.49. The van der Waals surface area contributed by atoms with Crippen LogP contribution in [0.5, 0.6) is 0 Å². The Bertz CT molecular complexity index is 2930. The van der Waals surface area contributed by atoms with E-state index in [1.165, 1.54) is 16.2 Å². The van der Waals surface area contributed by atoms with E-state index in [-0.39, 0.29) is 34.7 Å². The third kappa shape index (κ3) is 3.79. The first kappa shape index (κ1) is 16.9. The van der Waals surface area contributed by atoms with Gasteiger partial charge < -0.3 is 9.32 Å². The molecule has 0 radical (unpaired) electrons. The molecule has 0 atom stereocenters. The fourth-order valence-electron chi connectivity index (χ4n) is 5.93. The molecule has 0 N–H and O–H groups in total. The molecule has 0 aliphatic rings. The van der Waals surface area contributed by atoms with Gasteiger partial charge in [-0.05, 0) is 64.9 Å². The predicted molar refractivity (Wildman–Crippen MR) is 184 cm³/mol. The number of nitrogens with zero attached hydrogens (tertiary/aromatic N) is 1. The van der Waals surface area contributed by atoms with E-state index in [1.54, 1.807) is 24.3 Å². The first-order valence-electron chi connectivity index (χ1n) is 18.3. The monoisotopic (exact) mass is 576 g/mol. The second-order valence-electron chi connectivity index (χ2n) is 10.2. The average Bonchev–Trinajstić information content (AvgIpc) is 3.75. The Hall–Kier alpha value is -5.38. The van der Waals surface area contributed by atoms with Gasteiger partial charge in [0.05, 0.1) is 23.4 Å². The van der Waals surface area contributed by atoms with Crippen molar-refractivity contribution in [3.8, 4) is 11.1 Å². The third-order valence-electron chi connectivity index (χ3n) is 7.83. The lowest BCUT2D eigenvalue weighted by Gasteiger charge is -2.26. The number of fused-ring (bicyclic) bond motifs is 8. The molecular weight excluding hydrogens is 543 g/mol. The molecule has 0 spiro atoms. The Morgan fingerprint density at radius 1 is 0.581 bits per heavy atom. The van der Waals surface area contributed by atoms with Crippen LogP contribution in [0.4, 0.5) is 17.1 Å². The molecule has 2 aromatic heterocycles. The predicted octanol–water partition coefficient (Wildman–Crippen LogP) is 12.2. The number of furan rings is 1. The van der Waals surface area contributed by atoms with Crippen LogP contribution >= 0.6 is 11.3 Å². The highest BCUT2D eigenvalue weighted by atomic mass is 32.1. The zero-order valence-electron chi connectivity index (χ0n) is 31.5. The van der Waals surface area contributed by atoms with Crippen molar-refractivity contribution in [2.24, 2.45) is 0 Å². The van der Waals surface area contributed by atoms with Crippen LogP contribution in [0, 0.1) is 0 Å². The minimum Gasteiger partial charge on any atom is -0.455 e. The van der Waals surface area contributed by atoms with E-state index in [4.69, 9.17) is 11.3 Å². The number of hydrogen-bond donors (Lipinski definition) is 0. The zero-order valence-corrected chi connectivity index (χ0v) is 23.3. The molecule has 0 bridgehead atoms. The molecule has 0 unspecified atom stereocenters. The molecule has 0 aliphatic heterocycles. The Morgan fingerprint density at radius 3 is 2.21 bits per heavy atom. The summed E-state index contributed by atoms with van der Waals surface area (Å²) in [7, 11) is 0. The maximum atomic E-state index is 9.49. The minimum absolute atomic E-state index is 0.107. The molecule has 0 amide bonds. The van der Waals surface area contributed by atoms with E-state index in [9.17, 15) is 5.48 Å². The molecule has 9 rings (SSSR count). The van der Waals surface area contributed by atoms with Gasteiger partial charge in [0.1, 0.15) is 11.2 Å². The van der Waals surface area contributed by atoms with Gasteiger partial charge in [0.2, 0.25) is 0 Å². The Kier molecular flexibility index (Phi) is 3.77. The van der Waals surface area contributed by atoms with Gasteiger partial charge in [-0.15, -0.1) is 11.3 Å². The van der Waals surface area contributed by atoms with Crippen molar-refractivity contribution in [1.82, 2.24) is 0 Å². The largest absolute Gasteiger partial charge is 0.455 e. The summed E-state index contributed by atoms with van der Waals surface area (Å²) in [5.74, 6) is 0. The molecule has 0 saturated carbocycles. The van der Waals surface area contributed by atoms with Crippen molar-refractivity contribution in [2.45, 2.75) is 0 Å². The van der Waals surface area contributed by atoms with Crippen LogP contribution in [0.1, 0.15) is 12.3 Å². The van der Waals surface area contributed by atoms with E-state index in [0.29, 0.717) is 27.5 Å². The zero-order chi connectivity index (χ0) is 36.2. The van der Waals surface area contributed by atoms with E-state index < -0.39 is 42.3 Å². The van der Waals surface area contributed by atoms with Crippen molar-refractivity contribution in [3.05, 3.63) is 151 Å². The highest BCUT2D eigenvalue weighted by Crippen LogP contribution is 2.45. The molecule has 9 aromatic rings. The molecular formula is C40H25NOS. The fraction of sp³-hybridized carbons (Fsp3) is 0. The molecule has 202 valence electrons. The number of anilines is 3. The van der Waals surface area contributed by atoms with Crippen LogP contribution in [-0.4, -0.2) is 0 Å². The molecule has 0 saturated heterocycles.